The molecule has 0 aliphatic carbocycles. The van der Waals surface area contributed by atoms with Gasteiger partial charge in [-0.05, 0) is 30.3 Å². The monoisotopic (exact) mass is 262 g/mol. The van der Waals surface area contributed by atoms with E-state index in [9.17, 15) is 4.39 Å². The van der Waals surface area contributed by atoms with E-state index in [0.29, 0.717) is 16.9 Å². The molecule has 2 rings (SSSR count). The highest BCUT2D eigenvalue weighted by Crippen LogP contribution is 2.22. The molecule has 1 aromatic carbocycles. The fraction of sp³-hybridized carbons (Fsp3) is 0.0769. The molecule has 18 heavy (non-hydrogen) atoms. The Morgan fingerprint density at radius 3 is 2.94 bits per heavy atom. The predicted molar refractivity (Wildman–Crippen MR) is 64.7 cm³/mol. The second-order valence-electron chi connectivity index (χ2n) is 3.50. The Balaban J connectivity index is 2.16. The van der Waals surface area contributed by atoms with Crippen molar-refractivity contribution in [3.63, 3.8) is 0 Å². The van der Waals surface area contributed by atoms with Crippen molar-refractivity contribution < 1.29 is 9.13 Å². The van der Waals surface area contributed by atoms with Crippen LogP contribution in [0.2, 0.25) is 5.15 Å². The molecule has 0 amide bonds. The fourth-order valence-electron chi connectivity index (χ4n) is 1.39. The minimum atomic E-state index is -0.422. The van der Waals surface area contributed by atoms with E-state index in [1.54, 1.807) is 12.1 Å². The number of hydrogen-bond acceptors (Lipinski definition) is 3. The first-order chi connectivity index (χ1) is 8.70. The highest BCUT2D eigenvalue weighted by molar-refractivity contribution is 6.30. The molecule has 3 nitrogen and oxygen atoms in total. The van der Waals surface area contributed by atoms with Gasteiger partial charge in [-0.2, -0.15) is 5.26 Å². The van der Waals surface area contributed by atoms with Crippen molar-refractivity contribution in [1.29, 1.82) is 5.26 Å². The molecule has 0 unspecified atom stereocenters. The molecule has 0 aliphatic rings. The van der Waals surface area contributed by atoms with E-state index in [1.165, 1.54) is 24.4 Å². The zero-order valence-electron chi connectivity index (χ0n) is 9.23. The van der Waals surface area contributed by atoms with Gasteiger partial charge in [0.05, 0.1) is 11.6 Å². The number of aromatic nitrogens is 1. The number of nitrogens with zero attached hydrogens (tertiary/aromatic N) is 2. The first-order valence-corrected chi connectivity index (χ1v) is 5.50. The summed E-state index contributed by atoms with van der Waals surface area (Å²) < 4.78 is 18.8. The van der Waals surface area contributed by atoms with Crippen LogP contribution in [0.1, 0.15) is 11.1 Å². The van der Waals surface area contributed by atoms with Crippen molar-refractivity contribution in [3.05, 3.63) is 58.6 Å². The summed E-state index contributed by atoms with van der Waals surface area (Å²) in [6.45, 7) is -0.00718. The predicted octanol–water partition coefficient (Wildman–Crippen LogP) is 3.32. The van der Waals surface area contributed by atoms with Gasteiger partial charge in [0.25, 0.3) is 0 Å². The third kappa shape index (κ3) is 2.76. The van der Waals surface area contributed by atoms with Gasteiger partial charge in [0, 0.05) is 11.8 Å². The number of nitriles is 1. The van der Waals surface area contributed by atoms with Crippen LogP contribution in [0.25, 0.3) is 0 Å². The average molecular weight is 263 g/mol. The molecule has 0 saturated carbocycles. The van der Waals surface area contributed by atoms with Gasteiger partial charge in [-0.1, -0.05) is 11.6 Å². The fourth-order valence-corrected chi connectivity index (χ4v) is 1.56. The van der Waals surface area contributed by atoms with Crippen molar-refractivity contribution in [2.24, 2.45) is 0 Å². The molecule has 2 aromatic rings. The summed E-state index contributed by atoms with van der Waals surface area (Å²) in [6, 6.07) is 9.35. The van der Waals surface area contributed by atoms with Crippen molar-refractivity contribution in [1.82, 2.24) is 4.98 Å². The maximum atomic E-state index is 13.5. The number of benzene rings is 1. The lowest BCUT2D eigenvalue weighted by Gasteiger charge is -2.08. The summed E-state index contributed by atoms with van der Waals surface area (Å²) in [7, 11) is 0. The first kappa shape index (κ1) is 12.3. The van der Waals surface area contributed by atoms with Crippen molar-refractivity contribution in [2.75, 3.05) is 0 Å². The summed E-state index contributed by atoms with van der Waals surface area (Å²) in [5.74, 6) is -0.0464. The van der Waals surface area contributed by atoms with Crippen LogP contribution in [0, 0.1) is 17.1 Å². The second kappa shape index (κ2) is 5.48. The molecule has 0 aliphatic heterocycles. The molecular weight excluding hydrogens is 255 g/mol. The Morgan fingerprint density at radius 1 is 1.39 bits per heavy atom. The molecule has 0 bridgehead atoms. The van der Waals surface area contributed by atoms with Crippen LogP contribution in [-0.2, 0) is 6.61 Å². The summed E-state index contributed by atoms with van der Waals surface area (Å²) in [4.78, 5) is 3.84. The van der Waals surface area contributed by atoms with Crippen LogP contribution in [-0.4, -0.2) is 4.98 Å². The van der Waals surface area contributed by atoms with Gasteiger partial charge < -0.3 is 4.74 Å². The molecule has 0 saturated heterocycles. The molecule has 1 aromatic heterocycles. The van der Waals surface area contributed by atoms with Crippen molar-refractivity contribution in [2.45, 2.75) is 6.61 Å². The van der Waals surface area contributed by atoms with E-state index >= 15 is 0 Å². The maximum Gasteiger partial charge on any atom is 0.171 e. The van der Waals surface area contributed by atoms with Crippen LogP contribution >= 0.6 is 11.6 Å². The number of hydrogen-bond donors (Lipinski definition) is 0. The average Bonchev–Trinajstić information content (AvgIpc) is 2.39. The van der Waals surface area contributed by atoms with Crippen molar-refractivity contribution in [3.8, 4) is 11.8 Å². The lowest BCUT2D eigenvalue weighted by molar-refractivity contribution is 0.299. The highest BCUT2D eigenvalue weighted by Gasteiger charge is 2.06. The summed E-state index contributed by atoms with van der Waals surface area (Å²) in [5.41, 5.74) is 0.682. The van der Waals surface area contributed by atoms with E-state index in [1.807, 2.05) is 6.07 Å². The van der Waals surface area contributed by atoms with Crippen LogP contribution in [0.4, 0.5) is 4.39 Å². The Kier molecular flexibility index (Phi) is 3.75. The Hall–Kier alpha value is -2.12. The third-order valence-electron chi connectivity index (χ3n) is 2.28. The lowest BCUT2D eigenvalue weighted by atomic mass is 10.1. The van der Waals surface area contributed by atoms with Crippen LogP contribution < -0.4 is 4.74 Å². The smallest absolute Gasteiger partial charge is 0.171 e. The van der Waals surface area contributed by atoms with E-state index in [0.717, 1.165) is 0 Å². The van der Waals surface area contributed by atoms with Gasteiger partial charge in [-0.25, -0.2) is 9.37 Å². The molecule has 5 heteroatoms. The molecule has 0 atom stereocenters. The number of halogens is 2. The largest absolute Gasteiger partial charge is 0.486 e. The molecule has 1 heterocycles. The molecule has 90 valence electrons. The summed E-state index contributed by atoms with van der Waals surface area (Å²) in [5, 5.41) is 8.95. The van der Waals surface area contributed by atoms with Gasteiger partial charge in [0.15, 0.2) is 10.9 Å². The number of rotatable bonds is 3. The standard InChI is InChI=1S/C13H8ClFN2O/c14-13-12(2-1-5-17-13)18-8-10-6-9(7-16)3-4-11(10)15/h1-6H,8H2. The van der Waals surface area contributed by atoms with E-state index in [2.05, 4.69) is 4.98 Å². The highest BCUT2D eigenvalue weighted by atomic mass is 35.5. The molecule has 0 N–H and O–H groups in total. The van der Waals surface area contributed by atoms with Gasteiger partial charge in [-0.3, -0.25) is 0 Å². The van der Waals surface area contributed by atoms with Gasteiger partial charge in [0.2, 0.25) is 0 Å². The van der Waals surface area contributed by atoms with Gasteiger partial charge in [0.1, 0.15) is 12.4 Å². The molecule has 0 spiro atoms. The Morgan fingerprint density at radius 2 is 2.22 bits per heavy atom. The van der Waals surface area contributed by atoms with Crippen LogP contribution in [0.5, 0.6) is 5.75 Å². The van der Waals surface area contributed by atoms with E-state index < -0.39 is 5.82 Å². The maximum absolute atomic E-state index is 13.5. The van der Waals surface area contributed by atoms with Crippen LogP contribution in [0.15, 0.2) is 36.5 Å². The Bertz CT molecular complexity index is 610. The van der Waals surface area contributed by atoms with Crippen LogP contribution in [0.3, 0.4) is 0 Å². The molecular formula is C13H8ClFN2O. The van der Waals surface area contributed by atoms with E-state index in [-0.39, 0.29) is 11.8 Å². The zero-order chi connectivity index (χ0) is 13.0. The topological polar surface area (TPSA) is 45.9 Å². The molecule has 0 radical (unpaired) electrons. The van der Waals surface area contributed by atoms with Gasteiger partial charge in [-0.15, -0.1) is 0 Å². The summed E-state index contributed by atoms with van der Waals surface area (Å²) >= 11 is 5.81. The Labute approximate surface area is 108 Å². The minimum Gasteiger partial charge on any atom is -0.486 e. The number of ether oxygens (including phenoxy) is 1. The van der Waals surface area contributed by atoms with Crippen molar-refractivity contribution >= 4 is 11.6 Å². The second-order valence-corrected chi connectivity index (χ2v) is 3.86. The molecule has 0 fully saturated rings. The lowest BCUT2D eigenvalue weighted by Crippen LogP contribution is -2.00. The SMILES string of the molecule is N#Cc1ccc(F)c(COc2cccnc2Cl)c1. The zero-order valence-corrected chi connectivity index (χ0v) is 9.99. The van der Waals surface area contributed by atoms with Gasteiger partial charge >= 0.3 is 0 Å². The van der Waals surface area contributed by atoms with E-state index in [4.69, 9.17) is 21.6 Å². The number of pyridine rings is 1. The first-order valence-electron chi connectivity index (χ1n) is 5.12. The normalized spacial score (nSPS) is 9.83. The minimum absolute atomic E-state index is 0.00718. The summed E-state index contributed by atoms with van der Waals surface area (Å²) in [6.07, 6.45) is 1.53. The quantitative estimate of drug-likeness (QED) is 0.797. The third-order valence-corrected chi connectivity index (χ3v) is 2.57.